The van der Waals surface area contributed by atoms with Gasteiger partial charge in [-0.2, -0.15) is 0 Å². The van der Waals surface area contributed by atoms with E-state index in [0.29, 0.717) is 5.92 Å². The highest BCUT2D eigenvalue weighted by Gasteiger charge is 1.93. The molecule has 0 radical (unpaired) electrons. The normalized spacial score (nSPS) is 5.80. The molecule has 0 heterocycles. The molecule has 0 saturated carbocycles. The van der Waals surface area contributed by atoms with Gasteiger partial charge in [0.25, 0.3) is 0 Å². The van der Waals surface area contributed by atoms with Gasteiger partial charge in [-0.1, -0.05) is 152 Å². The molecule has 0 atom stereocenters. The van der Waals surface area contributed by atoms with Crippen molar-refractivity contribution in [1.82, 2.24) is 0 Å². The van der Waals surface area contributed by atoms with E-state index in [-0.39, 0.29) is 66.8 Å². The molecule has 0 fully saturated rings. The molecule has 0 spiro atoms. The summed E-state index contributed by atoms with van der Waals surface area (Å²) in [5.41, 5.74) is 1.41. The van der Waals surface area contributed by atoms with Crippen LogP contribution in [0.4, 0.5) is 0 Å². The van der Waals surface area contributed by atoms with Crippen LogP contribution >= 0.6 is 0 Å². The third-order valence-corrected chi connectivity index (χ3v) is 1.47. The fourth-order valence-electron chi connectivity index (χ4n) is 0.838. The van der Waals surface area contributed by atoms with Crippen molar-refractivity contribution >= 4 is 0 Å². The minimum atomic E-state index is 0. The summed E-state index contributed by atoms with van der Waals surface area (Å²) in [5.74, 6) is 1.49. The van der Waals surface area contributed by atoms with Gasteiger partial charge in [-0.25, -0.2) is 0 Å². The molecule has 0 unspecified atom stereocenters. The van der Waals surface area contributed by atoms with Crippen LogP contribution in [0.15, 0.2) is 30.3 Å². The van der Waals surface area contributed by atoms with Crippen LogP contribution in [0.3, 0.4) is 0 Å². The van der Waals surface area contributed by atoms with E-state index in [9.17, 15) is 0 Å². The molecule has 0 N–H and O–H groups in total. The Hall–Kier alpha value is -0.780. The highest BCUT2D eigenvalue weighted by Crippen LogP contribution is 2.11. The second kappa shape index (κ2) is 56.7. The van der Waals surface area contributed by atoms with E-state index in [4.69, 9.17) is 0 Å². The third-order valence-electron chi connectivity index (χ3n) is 1.47. The molecule has 25 heavy (non-hydrogen) atoms. The summed E-state index contributed by atoms with van der Waals surface area (Å²) in [6.07, 6.45) is 1.25. The monoisotopic (exact) mass is 367 g/mol. The van der Waals surface area contributed by atoms with Gasteiger partial charge in [-0.15, -0.1) is 0 Å². The predicted octanol–water partition coefficient (Wildman–Crippen LogP) is 11.6. The second-order valence-electron chi connectivity index (χ2n) is 5.00. The topological polar surface area (TPSA) is 0 Å². The Morgan fingerprint density at radius 2 is 0.760 bits per heavy atom. The zero-order chi connectivity index (χ0) is 13.0. The van der Waals surface area contributed by atoms with Crippen LogP contribution in [-0.4, -0.2) is 0 Å². The average molecular weight is 367 g/mol. The lowest BCUT2D eigenvalue weighted by Crippen LogP contribution is -1.83. The van der Waals surface area contributed by atoms with Gasteiger partial charge in [-0.05, 0) is 17.4 Å². The van der Waals surface area contributed by atoms with Crippen LogP contribution < -0.4 is 0 Å². The first-order chi connectivity index (χ1) is 7.45. The summed E-state index contributed by atoms with van der Waals surface area (Å²) in [7, 11) is 0. The van der Waals surface area contributed by atoms with Crippen molar-refractivity contribution in [2.75, 3.05) is 0 Å². The van der Waals surface area contributed by atoms with Crippen molar-refractivity contribution in [1.29, 1.82) is 0 Å². The van der Waals surface area contributed by atoms with Gasteiger partial charge in [0.05, 0.1) is 0 Å². The van der Waals surface area contributed by atoms with E-state index in [1.165, 1.54) is 12.0 Å². The van der Waals surface area contributed by atoms with Crippen LogP contribution in [0.1, 0.15) is 133 Å². The van der Waals surface area contributed by atoms with E-state index in [2.05, 4.69) is 72.7 Å². The summed E-state index contributed by atoms with van der Waals surface area (Å²) >= 11 is 0. The van der Waals surface area contributed by atoms with E-state index in [0.717, 1.165) is 5.92 Å². The molecule has 1 aromatic rings. The number of hydrogen-bond donors (Lipinski definition) is 0. The van der Waals surface area contributed by atoms with E-state index < -0.39 is 0 Å². The summed E-state index contributed by atoms with van der Waals surface area (Å²) in [4.78, 5) is 0. The number of hydrogen-bond acceptors (Lipinski definition) is 0. The highest BCUT2D eigenvalue weighted by molar-refractivity contribution is 5.17. The van der Waals surface area contributed by atoms with Crippen LogP contribution in [-0.2, 0) is 0 Å². The molecule has 0 amide bonds. The maximum Gasteiger partial charge on any atom is -0.0219 e. The molecule has 0 saturated heterocycles. The molecular weight excluding hydrogens is 300 g/mol. The molecule has 1 rings (SSSR count). The lowest BCUT2D eigenvalue weighted by atomic mass is 10.0. The molecule has 0 aromatic heterocycles. The maximum atomic E-state index is 2.20. The fourth-order valence-corrected chi connectivity index (χ4v) is 0.838. The smallest absolute Gasteiger partial charge is 0.0219 e. The van der Waals surface area contributed by atoms with Gasteiger partial charge < -0.3 is 0 Å². The SMILES string of the molecule is C.C.C.C.C.C.C.C.C.CC(C)C.CC(C)c1ccccc1.CCC. The molecule has 0 heteroatoms. The summed E-state index contributed by atoms with van der Waals surface area (Å²) < 4.78 is 0. The first-order valence-corrected chi connectivity index (χ1v) is 6.50. The van der Waals surface area contributed by atoms with Crippen molar-refractivity contribution in [3.05, 3.63) is 35.9 Å². The zero-order valence-corrected chi connectivity index (χ0v) is 12.2. The molecule has 0 bridgehead atoms. The molecule has 1 aromatic carbocycles. The molecule has 166 valence electrons. The van der Waals surface area contributed by atoms with Crippen LogP contribution in [0.5, 0.6) is 0 Å². The standard InChI is InChI=1S/C9H12.C4H10.C3H8.9CH4/c1-8(2)9-6-4-3-5-7-9;1-4(2)3;1-3-2;;;;;;;;;/h3-8H,1-2H3;4H,1-3H3;3H2,1-2H3;9*1H4. The first kappa shape index (κ1) is 74.7. The number of rotatable bonds is 1. The molecule has 0 aliphatic rings. The van der Waals surface area contributed by atoms with E-state index in [1.807, 2.05) is 6.07 Å². The first-order valence-electron chi connectivity index (χ1n) is 6.50. The van der Waals surface area contributed by atoms with Crippen molar-refractivity contribution in [2.24, 2.45) is 5.92 Å². The Morgan fingerprint density at radius 3 is 0.880 bits per heavy atom. The maximum absolute atomic E-state index is 2.20. The van der Waals surface area contributed by atoms with Gasteiger partial charge >= 0.3 is 0 Å². The quantitative estimate of drug-likeness (QED) is 0.463. The van der Waals surface area contributed by atoms with Crippen molar-refractivity contribution in [2.45, 2.75) is 128 Å². The fraction of sp³-hybridized carbons (Fsp3) is 0.760. The summed E-state index contributed by atoms with van der Waals surface area (Å²) in [5, 5.41) is 0. The molecule has 0 nitrogen and oxygen atoms in total. The van der Waals surface area contributed by atoms with Crippen molar-refractivity contribution < 1.29 is 0 Å². The van der Waals surface area contributed by atoms with E-state index in [1.54, 1.807) is 0 Å². The highest BCUT2D eigenvalue weighted by atomic mass is 14.0. The van der Waals surface area contributed by atoms with Gasteiger partial charge in [0.1, 0.15) is 0 Å². The van der Waals surface area contributed by atoms with Gasteiger partial charge in [0.2, 0.25) is 0 Å². The Bertz CT molecular complexity index is 206. The molecular formula is C25H66. The van der Waals surface area contributed by atoms with E-state index >= 15 is 0 Å². The lowest BCUT2D eigenvalue weighted by molar-refractivity contribution is 0.737. The Morgan fingerprint density at radius 1 is 0.560 bits per heavy atom. The van der Waals surface area contributed by atoms with Crippen LogP contribution in [0.25, 0.3) is 0 Å². The average Bonchev–Trinajstić information content (AvgIpc) is 2.19. The lowest BCUT2D eigenvalue weighted by Gasteiger charge is -2.01. The van der Waals surface area contributed by atoms with Crippen molar-refractivity contribution in [3.63, 3.8) is 0 Å². The van der Waals surface area contributed by atoms with Gasteiger partial charge in [0, 0.05) is 0 Å². The van der Waals surface area contributed by atoms with Crippen molar-refractivity contribution in [3.8, 4) is 0 Å². The third kappa shape index (κ3) is 83.1. The summed E-state index contributed by atoms with van der Waals surface area (Å²) in [6.45, 7) is 15.2. The molecule has 0 aliphatic heterocycles. The predicted molar refractivity (Wildman–Crippen MR) is 138 cm³/mol. The van der Waals surface area contributed by atoms with Gasteiger partial charge in [0.15, 0.2) is 0 Å². The molecule has 0 aliphatic carbocycles. The number of benzene rings is 1. The Balaban J connectivity index is -0.0000000124. The van der Waals surface area contributed by atoms with Crippen LogP contribution in [0.2, 0.25) is 0 Å². The summed E-state index contributed by atoms with van der Waals surface area (Å²) in [6, 6.07) is 10.5. The minimum absolute atomic E-state index is 0. The zero-order valence-electron chi connectivity index (χ0n) is 12.2. The largest absolute Gasteiger partial charge is 0.0776 e. The minimum Gasteiger partial charge on any atom is -0.0776 e. The van der Waals surface area contributed by atoms with Gasteiger partial charge in [-0.3, -0.25) is 0 Å². The van der Waals surface area contributed by atoms with Crippen LogP contribution in [0, 0.1) is 5.92 Å². The Kier molecular flexibility index (Phi) is 169. The Labute approximate surface area is 169 Å². The second-order valence-corrected chi connectivity index (χ2v) is 5.00.